The third-order valence-electron chi connectivity index (χ3n) is 1.48. The van der Waals surface area contributed by atoms with Gasteiger partial charge in [0.1, 0.15) is 4.75 Å². The monoisotopic (exact) mass is 203 g/mol. The van der Waals surface area contributed by atoms with E-state index in [1.165, 1.54) is 11.8 Å². The SMILES string of the molecule is CCOC(=S)SC(C)(C#N)CC. The Kier molecular flexibility index (Phi) is 5.27. The molecule has 0 saturated heterocycles. The van der Waals surface area contributed by atoms with Gasteiger partial charge in [0.15, 0.2) is 0 Å². The molecule has 0 fully saturated rings. The zero-order chi connectivity index (χ0) is 9.61. The van der Waals surface area contributed by atoms with Gasteiger partial charge in [0.05, 0.1) is 12.7 Å². The molecule has 0 aliphatic heterocycles. The van der Waals surface area contributed by atoms with Crippen LogP contribution in [0.4, 0.5) is 0 Å². The number of hydrogen-bond donors (Lipinski definition) is 0. The molecule has 4 heteroatoms. The first-order valence-corrected chi connectivity index (χ1v) is 5.07. The lowest BCUT2D eigenvalue weighted by Gasteiger charge is -2.18. The van der Waals surface area contributed by atoms with Gasteiger partial charge in [0.2, 0.25) is 4.38 Å². The average Bonchev–Trinajstić information content (AvgIpc) is 2.05. The van der Waals surface area contributed by atoms with E-state index in [2.05, 4.69) is 6.07 Å². The summed E-state index contributed by atoms with van der Waals surface area (Å²) in [5.74, 6) is 0. The van der Waals surface area contributed by atoms with Crippen molar-refractivity contribution < 1.29 is 4.74 Å². The molecule has 0 aromatic heterocycles. The van der Waals surface area contributed by atoms with Crippen molar-refractivity contribution in [3.05, 3.63) is 0 Å². The van der Waals surface area contributed by atoms with E-state index >= 15 is 0 Å². The molecule has 68 valence electrons. The number of ether oxygens (including phenoxy) is 1. The Bertz CT molecular complexity index is 200. The second-order valence-electron chi connectivity index (χ2n) is 2.48. The van der Waals surface area contributed by atoms with Gasteiger partial charge in [-0.3, -0.25) is 0 Å². The van der Waals surface area contributed by atoms with Crippen LogP contribution in [0.3, 0.4) is 0 Å². The molecule has 0 aliphatic carbocycles. The van der Waals surface area contributed by atoms with Crippen LogP contribution in [0.25, 0.3) is 0 Å². The predicted molar refractivity (Wildman–Crippen MR) is 56.1 cm³/mol. The molecule has 0 aromatic rings. The van der Waals surface area contributed by atoms with Crippen molar-refractivity contribution in [1.82, 2.24) is 0 Å². The van der Waals surface area contributed by atoms with Crippen LogP contribution < -0.4 is 0 Å². The van der Waals surface area contributed by atoms with E-state index in [4.69, 9.17) is 22.2 Å². The van der Waals surface area contributed by atoms with Crippen LogP contribution >= 0.6 is 24.0 Å². The first-order valence-electron chi connectivity index (χ1n) is 3.85. The van der Waals surface area contributed by atoms with E-state index in [9.17, 15) is 0 Å². The van der Waals surface area contributed by atoms with Gasteiger partial charge in [-0.1, -0.05) is 18.7 Å². The van der Waals surface area contributed by atoms with E-state index in [-0.39, 0.29) is 0 Å². The fourth-order valence-corrected chi connectivity index (χ4v) is 1.91. The van der Waals surface area contributed by atoms with E-state index in [1.807, 2.05) is 20.8 Å². The smallest absolute Gasteiger partial charge is 0.221 e. The largest absolute Gasteiger partial charge is 0.479 e. The van der Waals surface area contributed by atoms with Gasteiger partial charge < -0.3 is 4.74 Å². The Balaban J connectivity index is 4.05. The number of hydrogen-bond acceptors (Lipinski definition) is 4. The summed E-state index contributed by atoms with van der Waals surface area (Å²) < 4.78 is 5.11. The summed E-state index contributed by atoms with van der Waals surface area (Å²) >= 11 is 6.24. The highest BCUT2D eigenvalue weighted by Gasteiger charge is 2.24. The summed E-state index contributed by atoms with van der Waals surface area (Å²) in [6, 6.07) is 2.21. The van der Waals surface area contributed by atoms with E-state index in [0.29, 0.717) is 11.0 Å². The Morgan fingerprint density at radius 3 is 2.58 bits per heavy atom. The zero-order valence-corrected chi connectivity index (χ0v) is 9.22. The molecule has 0 aromatic carbocycles. The van der Waals surface area contributed by atoms with Gasteiger partial charge >= 0.3 is 0 Å². The number of nitrogens with zero attached hydrogens (tertiary/aromatic N) is 1. The van der Waals surface area contributed by atoms with Crippen molar-refractivity contribution in [3.8, 4) is 6.07 Å². The highest BCUT2D eigenvalue weighted by atomic mass is 32.2. The van der Waals surface area contributed by atoms with Gasteiger partial charge in [0.25, 0.3) is 0 Å². The Morgan fingerprint density at radius 1 is 1.67 bits per heavy atom. The highest BCUT2D eigenvalue weighted by molar-refractivity contribution is 8.23. The maximum Gasteiger partial charge on any atom is 0.221 e. The molecule has 0 heterocycles. The van der Waals surface area contributed by atoms with Crippen molar-refractivity contribution >= 4 is 28.4 Å². The van der Waals surface area contributed by atoms with Crippen molar-refractivity contribution in [1.29, 1.82) is 5.26 Å². The number of rotatable bonds is 3. The molecule has 0 radical (unpaired) electrons. The lowest BCUT2D eigenvalue weighted by Crippen LogP contribution is -2.18. The molecule has 0 rings (SSSR count). The Labute approximate surface area is 83.3 Å². The molecule has 1 atom stereocenters. The minimum atomic E-state index is -0.438. The van der Waals surface area contributed by atoms with Crippen LogP contribution in [0.5, 0.6) is 0 Å². The maximum atomic E-state index is 8.82. The van der Waals surface area contributed by atoms with Crippen LogP contribution in [0, 0.1) is 11.3 Å². The van der Waals surface area contributed by atoms with Crippen molar-refractivity contribution in [2.24, 2.45) is 0 Å². The summed E-state index contributed by atoms with van der Waals surface area (Å²) in [7, 11) is 0. The first kappa shape index (κ1) is 11.7. The summed E-state index contributed by atoms with van der Waals surface area (Å²) in [5.41, 5.74) is 0. The number of nitriles is 1. The second kappa shape index (κ2) is 5.39. The van der Waals surface area contributed by atoms with Crippen molar-refractivity contribution in [2.45, 2.75) is 31.9 Å². The van der Waals surface area contributed by atoms with Crippen LogP contribution in [0.2, 0.25) is 0 Å². The molecule has 0 bridgehead atoms. The molecular weight excluding hydrogens is 190 g/mol. The van der Waals surface area contributed by atoms with E-state index in [1.54, 1.807) is 0 Å². The average molecular weight is 203 g/mol. The van der Waals surface area contributed by atoms with Gasteiger partial charge in [0, 0.05) is 0 Å². The molecule has 0 spiro atoms. The minimum Gasteiger partial charge on any atom is -0.479 e. The highest BCUT2D eigenvalue weighted by Crippen LogP contribution is 2.29. The van der Waals surface area contributed by atoms with Crippen molar-refractivity contribution in [3.63, 3.8) is 0 Å². The lowest BCUT2D eigenvalue weighted by molar-refractivity contribution is 0.346. The molecule has 0 amide bonds. The van der Waals surface area contributed by atoms with Crippen LogP contribution in [-0.2, 0) is 4.74 Å². The zero-order valence-electron chi connectivity index (χ0n) is 7.59. The summed E-state index contributed by atoms with van der Waals surface area (Å²) in [4.78, 5) is 0. The van der Waals surface area contributed by atoms with Gasteiger partial charge in [-0.05, 0) is 32.5 Å². The maximum absolute atomic E-state index is 8.82. The minimum absolute atomic E-state index is 0.438. The Hall–Kier alpha value is -0.270. The number of thiocarbonyl (C=S) groups is 1. The van der Waals surface area contributed by atoms with E-state index in [0.717, 1.165) is 6.42 Å². The summed E-state index contributed by atoms with van der Waals surface area (Å²) in [6.45, 7) is 6.27. The third kappa shape index (κ3) is 3.93. The summed E-state index contributed by atoms with van der Waals surface area (Å²) in [5, 5.41) is 8.82. The number of thioether (sulfide) groups is 1. The molecule has 0 aliphatic rings. The van der Waals surface area contributed by atoms with Crippen molar-refractivity contribution in [2.75, 3.05) is 6.61 Å². The normalized spacial score (nSPS) is 14.5. The molecule has 12 heavy (non-hydrogen) atoms. The lowest BCUT2D eigenvalue weighted by atomic mass is 10.1. The fourth-order valence-electron chi connectivity index (χ4n) is 0.505. The molecule has 0 N–H and O–H groups in total. The van der Waals surface area contributed by atoms with Gasteiger partial charge in [-0.25, -0.2) is 0 Å². The van der Waals surface area contributed by atoms with Gasteiger partial charge in [-0.2, -0.15) is 5.26 Å². The van der Waals surface area contributed by atoms with Gasteiger partial charge in [-0.15, -0.1) is 0 Å². The molecular formula is C8H13NOS2. The van der Waals surface area contributed by atoms with Crippen LogP contribution in [0.1, 0.15) is 27.2 Å². The van der Waals surface area contributed by atoms with E-state index < -0.39 is 4.75 Å². The second-order valence-corrected chi connectivity index (χ2v) is 4.59. The first-order chi connectivity index (χ1) is 5.58. The summed E-state index contributed by atoms with van der Waals surface area (Å²) in [6.07, 6.45) is 0.765. The quantitative estimate of drug-likeness (QED) is 0.660. The molecule has 1 unspecified atom stereocenters. The fraction of sp³-hybridized carbons (Fsp3) is 0.750. The van der Waals surface area contributed by atoms with Crippen LogP contribution in [-0.4, -0.2) is 15.7 Å². The Morgan fingerprint density at radius 2 is 2.25 bits per heavy atom. The third-order valence-corrected chi connectivity index (χ3v) is 2.96. The standard InChI is InChI=1S/C8H13NOS2/c1-4-8(3,6-9)12-7(11)10-5-2/h4-5H2,1-3H3. The molecule has 0 saturated carbocycles. The molecule has 2 nitrogen and oxygen atoms in total. The predicted octanol–water partition coefficient (Wildman–Crippen LogP) is 2.73. The topological polar surface area (TPSA) is 33.0 Å². The van der Waals surface area contributed by atoms with Crippen LogP contribution in [0.15, 0.2) is 0 Å².